The van der Waals surface area contributed by atoms with Gasteiger partial charge >= 0.3 is 0 Å². The SMILES string of the molecule is Cc1cc(F)ccc1C1=CCC(c2ccccc2)CC1. The highest BCUT2D eigenvalue weighted by atomic mass is 19.1. The van der Waals surface area contributed by atoms with Crippen molar-refractivity contribution in [1.29, 1.82) is 0 Å². The minimum Gasteiger partial charge on any atom is -0.207 e. The maximum Gasteiger partial charge on any atom is 0.123 e. The van der Waals surface area contributed by atoms with Crippen LogP contribution in [0.5, 0.6) is 0 Å². The van der Waals surface area contributed by atoms with Crippen molar-refractivity contribution >= 4 is 5.57 Å². The largest absolute Gasteiger partial charge is 0.207 e. The third-order valence-corrected chi connectivity index (χ3v) is 4.22. The monoisotopic (exact) mass is 266 g/mol. The highest BCUT2D eigenvalue weighted by Crippen LogP contribution is 2.36. The van der Waals surface area contributed by atoms with Crippen LogP contribution < -0.4 is 0 Å². The van der Waals surface area contributed by atoms with Crippen molar-refractivity contribution in [3.8, 4) is 0 Å². The average Bonchev–Trinajstić information content (AvgIpc) is 2.48. The summed E-state index contributed by atoms with van der Waals surface area (Å²) >= 11 is 0. The topological polar surface area (TPSA) is 0 Å². The molecule has 1 aliphatic rings. The summed E-state index contributed by atoms with van der Waals surface area (Å²) in [5, 5.41) is 0. The third kappa shape index (κ3) is 2.67. The van der Waals surface area contributed by atoms with Crippen LogP contribution in [-0.4, -0.2) is 0 Å². The van der Waals surface area contributed by atoms with E-state index in [2.05, 4.69) is 36.4 Å². The van der Waals surface area contributed by atoms with Crippen molar-refractivity contribution in [2.24, 2.45) is 0 Å². The molecule has 0 fully saturated rings. The lowest BCUT2D eigenvalue weighted by molar-refractivity contribution is 0.621. The molecule has 0 nitrogen and oxygen atoms in total. The quantitative estimate of drug-likeness (QED) is 0.674. The first-order valence-corrected chi connectivity index (χ1v) is 7.24. The zero-order valence-corrected chi connectivity index (χ0v) is 11.8. The molecule has 0 saturated heterocycles. The molecule has 0 N–H and O–H groups in total. The van der Waals surface area contributed by atoms with E-state index in [1.54, 1.807) is 12.1 Å². The first kappa shape index (κ1) is 13.1. The number of benzene rings is 2. The van der Waals surface area contributed by atoms with Gasteiger partial charge in [0.15, 0.2) is 0 Å². The molecule has 20 heavy (non-hydrogen) atoms. The van der Waals surface area contributed by atoms with Crippen molar-refractivity contribution < 1.29 is 4.39 Å². The lowest BCUT2D eigenvalue weighted by atomic mass is 9.82. The van der Waals surface area contributed by atoms with Crippen LogP contribution in [0.2, 0.25) is 0 Å². The van der Waals surface area contributed by atoms with E-state index in [1.165, 1.54) is 23.1 Å². The average molecular weight is 266 g/mol. The van der Waals surface area contributed by atoms with Gasteiger partial charge in [0.05, 0.1) is 0 Å². The van der Waals surface area contributed by atoms with Gasteiger partial charge in [0, 0.05) is 0 Å². The van der Waals surface area contributed by atoms with Gasteiger partial charge in [-0.1, -0.05) is 42.5 Å². The lowest BCUT2D eigenvalue weighted by Crippen LogP contribution is -2.04. The molecule has 1 atom stereocenters. The summed E-state index contributed by atoms with van der Waals surface area (Å²) < 4.78 is 13.2. The Kier molecular flexibility index (Phi) is 3.68. The van der Waals surface area contributed by atoms with Crippen LogP contribution in [0.25, 0.3) is 5.57 Å². The number of rotatable bonds is 2. The van der Waals surface area contributed by atoms with Crippen molar-refractivity contribution in [2.45, 2.75) is 32.1 Å². The standard InChI is InChI=1S/C19H19F/c1-14-13-18(20)11-12-19(14)17-9-7-16(8-10-17)15-5-3-2-4-6-15/h2-6,9,11-13,16H,7-8,10H2,1H3. The second-order valence-corrected chi connectivity index (χ2v) is 5.57. The Morgan fingerprint density at radius 3 is 2.50 bits per heavy atom. The van der Waals surface area contributed by atoms with E-state index in [9.17, 15) is 4.39 Å². The van der Waals surface area contributed by atoms with E-state index in [0.29, 0.717) is 5.92 Å². The molecule has 1 aliphatic carbocycles. The van der Waals surface area contributed by atoms with Crippen molar-refractivity contribution in [2.75, 3.05) is 0 Å². The van der Waals surface area contributed by atoms with Gasteiger partial charge < -0.3 is 0 Å². The minimum atomic E-state index is -0.148. The van der Waals surface area contributed by atoms with Gasteiger partial charge in [0.2, 0.25) is 0 Å². The summed E-state index contributed by atoms with van der Waals surface area (Å²) in [5.74, 6) is 0.477. The van der Waals surface area contributed by atoms with Crippen LogP contribution in [0.1, 0.15) is 41.9 Å². The van der Waals surface area contributed by atoms with Gasteiger partial charge in [-0.15, -0.1) is 0 Å². The molecule has 0 spiro atoms. The predicted molar refractivity (Wildman–Crippen MR) is 82.1 cm³/mol. The van der Waals surface area contributed by atoms with Gasteiger partial charge in [0.25, 0.3) is 0 Å². The fraction of sp³-hybridized carbons (Fsp3) is 0.263. The first-order valence-electron chi connectivity index (χ1n) is 7.24. The summed E-state index contributed by atoms with van der Waals surface area (Å²) in [6.07, 6.45) is 5.66. The van der Waals surface area contributed by atoms with Gasteiger partial charge in [-0.25, -0.2) is 4.39 Å². The summed E-state index contributed by atoms with van der Waals surface area (Å²) in [7, 11) is 0. The number of hydrogen-bond donors (Lipinski definition) is 0. The molecular formula is C19H19F. The third-order valence-electron chi connectivity index (χ3n) is 4.22. The molecule has 2 aromatic rings. The molecule has 102 valence electrons. The molecule has 0 radical (unpaired) electrons. The molecule has 3 rings (SSSR count). The number of aryl methyl sites for hydroxylation is 1. The summed E-state index contributed by atoms with van der Waals surface area (Å²) in [4.78, 5) is 0. The molecular weight excluding hydrogens is 247 g/mol. The zero-order valence-electron chi connectivity index (χ0n) is 11.8. The smallest absolute Gasteiger partial charge is 0.123 e. The molecule has 1 heteroatoms. The molecule has 1 unspecified atom stereocenters. The van der Waals surface area contributed by atoms with Gasteiger partial charge in [0.1, 0.15) is 5.82 Å². The van der Waals surface area contributed by atoms with Crippen LogP contribution >= 0.6 is 0 Å². The Hall–Kier alpha value is -1.89. The molecule has 0 bridgehead atoms. The van der Waals surface area contributed by atoms with E-state index in [1.807, 2.05) is 13.0 Å². The zero-order chi connectivity index (χ0) is 13.9. The first-order chi connectivity index (χ1) is 9.74. The Labute approximate surface area is 120 Å². The second-order valence-electron chi connectivity index (χ2n) is 5.57. The minimum absolute atomic E-state index is 0.148. The van der Waals surface area contributed by atoms with Gasteiger partial charge in [-0.3, -0.25) is 0 Å². The van der Waals surface area contributed by atoms with Crippen molar-refractivity contribution in [1.82, 2.24) is 0 Å². The van der Waals surface area contributed by atoms with Crippen molar-refractivity contribution in [3.63, 3.8) is 0 Å². The number of halogens is 1. The Balaban J connectivity index is 1.80. The molecule has 0 amide bonds. The Bertz CT molecular complexity index is 625. The summed E-state index contributed by atoms with van der Waals surface area (Å²) in [6.45, 7) is 1.99. The molecule has 2 aromatic carbocycles. The fourth-order valence-electron chi connectivity index (χ4n) is 3.09. The van der Waals surface area contributed by atoms with Crippen molar-refractivity contribution in [3.05, 3.63) is 77.1 Å². The molecule has 0 aliphatic heterocycles. The van der Waals surface area contributed by atoms with E-state index < -0.39 is 0 Å². The molecule has 0 heterocycles. The maximum atomic E-state index is 13.2. The fourth-order valence-corrected chi connectivity index (χ4v) is 3.09. The number of allylic oxidation sites excluding steroid dienone is 2. The summed E-state index contributed by atoms with van der Waals surface area (Å²) in [5.41, 5.74) is 5.04. The Morgan fingerprint density at radius 2 is 1.85 bits per heavy atom. The van der Waals surface area contributed by atoms with Gasteiger partial charge in [-0.05, 0) is 66.5 Å². The summed E-state index contributed by atoms with van der Waals surface area (Å²) in [6, 6.07) is 15.8. The van der Waals surface area contributed by atoms with Gasteiger partial charge in [-0.2, -0.15) is 0 Å². The highest BCUT2D eigenvalue weighted by Gasteiger charge is 2.17. The predicted octanol–water partition coefficient (Wildman–Crippen LogP) is 5.49. The second kappa shape index (κ2) is 5.62. The van der Waals surface area contributed by atoms with E-state index in [4.69, 9.17) is 0 Å². The molecule has 0 aromatic heterocycles. The van der Waals surface area contributed by atoms with E-state index in [0.717, 1.165) is 18.4 Å². The van der Waals surface area contributed by atoms with Crippen LogP contribution in [-0.2, 0) is 0 Å². The Morgan fingerprint density at radius 1 is 1.05 bits per heavy atom. The maximum absolute atomic E-state index is 13.2. The van der Waals surface area contributed by atoms with Crippen LogP contribution in [0.15, 0.2) is 54.6 Å². The van der Waals surface area contributed by atoms with Crippen LogP contribution in [0.3, 0.4) is 0 Å². The lowest BCUT2D eigenvalue weighted by Gasteiger charge is -2.23. The molecule has 0 saturated carbocycles. The van der Waals surface area contributed by atoms with Crippen LogP contribution in [0.4, 0.5) is 4.39 Å². The van der Waals surface area contributed by atoms with Crippen LogP contribution in [0, 0.1) is 12.7 Å². The highest BCUT2D eigenvalue weighted by molar-refractivity contribution is 5.69. The van der Waals surface area contributed by atoms with E-state index >= 15 is 0 Å². The normalized spacial score (nSPS) is 18.7. The number of hydrogen-bond acceptors (Lipinski definition) is 0. The van der Waals surface area contributed by atoms with E-state index in [-0.39, 0.29) is 5.82 Å².